The molecule has 0 fully saturated rings. The second-order valence-electron chi connectivity index (χ2n) is 6.70. The Morgan fingerprint density at radius 2 is 1.07 bits per heavy atom. The molecule has 0 aromatic heterocycles. The first-order valence-corrected chi connectivity index (χ1v) is 11.0. The molecule has 0 saturated heterocycles. The minimum atomic E-state index is -0.313. The third-order valence-corrected chi connectivity index (χ3v) is 4.13. The van der Waals surface area contributed by atoms with Crippen molar-refractivity contribution in [2.24, 2.45) is 0 Å². The van der Waals surface area contributed by atoms with Crippen LogP contribution in [0.25, 0.3) is 0 Å². The lowest BCUT2D eigenvalue weighted by atomic mass is 10.1. The largest absolute Gasteiger partial charge is 0.463 e. The van der Waals surface area contributed by atoms with E-state index in [1.54, 1.807) is 19.1 Å². The molecule has 28 heavy (non-hydrogen) atoms. The first-order chi connectivity index (χ1) is 13.8. The van der Waals surface area contributed by atoms with Crippen LogP contribution in [0.4, 0.5) is 0 Å². The third-order valence-electron chi connectivity index (χ3n) is 4.13. The number of carbonyl (C=O) groups excluding carboxylic acids is 1. The first-order valence-electron chi connectivity index (χ1n) is 11.0. The fourth-order valence-corrected chi connectivity index (χ4v) is 2.59. The number of esters is 1. The van der Waals surface area contributed by atoms with Crippen molar-refractivity contribution in [1.29, 1.82) is 0 Å². The summed E-state index contributed by atoms with van der Waals surface area (Å²) in [4.78, 5) is 11.1. The van der Waals surface area contributed by atoms with E-state index in [9.17, 15) is 4.79 Å². The van der Waals surface area contributed by atoms with E-state index >= 15 is 0 Å². The maximum Gasteiger partial charge on any atom is 0.330 e. The first kappa shape index (κ1) is 25.9. The molecule has 156 valence electrons. The van der Waals surface area contributed by atoms with Gasteiger partial charge in [-0.3, -0.25) is 0 Å². The van der Waals surface area contributed by atoms with Gasteiger partial charge < -0.3 is 4.74 Å². The topological polar surface area (TPSA) is 26.3 Å². The van der Waals surface area contributed by atoms with Gasteiger partial charge in [0, 0.05) is 6.08 Å². The highest BCUT2D eigenvalue weighted by atomic mass is 16.5. The summed E-state index contributed by atoms with van der Waals surface area (Å²) in [6, 6.07) is 0. The Kier molecular flexibility index (Phi) is 21.2. The predicted molar refractivity (Wildman–Crippen MR) is 123 cm³/mol. The van der Waals surface area contributed by atoms with E-state index in [4.69, 9.17) is 4.74 Å². The van der Waals surface area contributed by atoms with Gasteiger partial charge in [0.25, 0.3) is 0 Å². The van der Waals surface area contributed by atoms with Gasteiger partial charge in [-0.15, -0.1) is 0 Å². The quantitative estimate of drug-likeness (QED) is 0.111. The molecule has 0 heterocycles. The lowest BCUT2D eigenvalue weighted by Gasteiger charge is -2.00. The van der Waals surface area contributed by atoms with Crippen LogP contribution in [0.15, 0.2) is 72.9 Å². The Morgan fingerprint density at radius 1 is 0.607 bits per heavy atom. The van der Waals surface area contributed by atoms with Crippen molar-refractivity contribution in [3.8, 4) is 0 Å². The number of unbranched alkanes of at least 4 members (excludes halogenated alkanes) is 9. The van der Waals surface area contributed by atoms with E-state index < -0.39 is 0 Å². The van der Waals surface area contributed by atoms with Crippen LogP contribution in [0, 0.1) is 0 Å². The molecule has 0 aliphatic rings. The fraction of sp³-hybridized carbons (Fsp3) is 0.500. The number of ether oxygens (including phenoxy) is 1. The van der Waals surface area contributed by atoms with Crippen LogP contribution < -0.4 is 0 Å². The maximum atomic E-state index is 11.1. The molecule has 0 radical (unpaired) electrons. The Bertz CT molecular complexity index is 519. The molecule has 0 aromatic rings. The number of hydrogen-bond acceptors (Lipinski definition) is 2. The summed E-state index contributed by atoms with van der Waals surface area (Å²) in [5, 5.41) is 0. The Morgan fingerprint density at radius 3 is 1.61 bits per heavy atom. The summed E-state index contributed by atoms with van der Waals surface area (Å²) in [5.41, 5.74) is 0. The fourth-order valence-electron chi connectivity index (χ4n) is 2.59. The second kappa shape index (κ2) is 23.0. The van der Waals surface area contributed by atoms with Gasteiger partial charge in [0.2, 0.25) is 0 Å². The third kappa shape index (κ3) is 22.0. The highest BCUT2D eigenvalue weighted by Crippen LogP contribution is 2.10. The zero-order valence-corrected chi connectivity index (χ0v) is 18.0. The van der Waals surface area contributed by atoms with Crippen molar-refractivity contribution >= 4 is 5.97 Å². The molecular weight excluding hydrogens is 344 g/mol. The molecule has 0 unspecified atom stereocenters. The van der Waals surface area contributed by atoms with Gasteiger partial charge in [-0.2, -0.15) is 0 Å². The van der Waals surface area contributed by atoms with E-state index in [2.05, 4.69) is 25.2 Å². The Balaban J connectivity index is 3.58. The van der Waals surface area contributed by atoms with Gasteiger partial charge in [-0.1, -0.05) is 125 Å². The summed E-state index contributed by atoms with van der Waals surface area (Å²) in [6.07, 6.45) is 36.7. The highest BCUT2D eigenvalue weighted by Gasteiger charge is 1.91. The van der Waals surface area contributed by atoms with Crippen molar-refractivity contribution in [3.63, 3.8) is 0 Å². The van der Waals surface area contributed by atoms with Gasteiger partial charge in [0.1, 0.15) is 0 Å². The van der Waals surface area contributed by atoms with Gasteiger partial charge in [0.05, 0.1) is 6.61 Å². The summed E-state index contributed by atoms with van der Waals surface area (Å²) in [5.74, 6) is -0.313. The van der Waals surface area contributed by atoms with E-state index in [1.165, 1.54) is 70.3 Å². The summed E-state index contributed by atoms with van der Waals surface area (Å²) in [7, 11) is 0. The van der Waals surface area contributed by atoms with Crippen LogP contribution >= 0.6 is 0 Å². The molecule has 0 bridgehead atoms. The molecule has 0 spiro atoms. The summed E-state index contributed by atoms with van der Waals surface area (Å²) < 4.78 is 4.78. The van der Waals surface area contributed by atoms with Crippen molar-refractivity contribution in [1.82, 2.24) is 0 Å². The molecule has 0 saturated carbocycles. The average molecular weight is 385 g/mol. The maximum absolute atomic E-state index is 11.1. The van der Waals surface area contributed by atoms with Crippen LogP contribution in [0.2, 0.25) is 0 Å². The normalized spacial score (nSPS) is 12.8. The lowest BCUT2D eigenvalue weighted by Crippen LogP contribution is -1.98. The molecule has 0 aromatic carbocycles. The molecule has 0 N–H and O–H groups in total. The molecule has 0 aliphatic heterocycles. The van der Waals surface area contributed by atoms with Crippen molar-refractivity contribution < 1.29 is 9.53 Å². The van der Waals surface area contributed by atoms with Crippen LogP contribution in [0.1, 0.15) is 78.1 Å². The number of carbonyl (C=O) groups is 1. The van der Waals surface area contributed by atoms with Crippen molar-refractivity contribution in [3.05, 3.63) is 72.9 Å². The van der Waals surface area contributed by atoms with E-state index in [0.29, 0.717) is 6.61 Å². The van der Waals surface area contributed by atoms with Gasteiger partial charge in [-0.05, 0) is 19.8 Å². The Hall–Kier alpha value is -2.09. The van der Waals surface area contributed by atoms with E-state index in [1.807, 2.05) is 36.5 Å². The number of hydrogen-bond donors (Lipinski definition) is 0. The summed E-state index contributed by atoms with van der Waals surface area (Å²) >= 11 is 0. The predicted octanol–water partition coefficient (Wildman–Crippen LogP) is 7.81. The van der Waals surface area contributed by atoms with Crippen LogP contribution in [0.3, 0.4) is 0 Å². The zero-order chi connectivity index (χ0) is 20.5. The second-order valence-corrected chi connectivity index (χ2v) is 6.70. The smallest absolute Gasteiger partial charge is 0.330 e. The van der Waals surface area contributed by atoms with Crippen LogP contribution in [0.5, 0.6) is 0 Å². The Labute approximate surface area is 173 Å². The minimum Gasteiger partial charge on any atom is -0.463 e. The molecular formula is C26H40O2. The number of rotatable bonds is 17. The molecule has 0 amide bonds. The van der Waals surface area contributed by atoms with E-state index in [-0.39, 0.29) is 5.97 Å². The van der Waals surface area contributed by atoms with Crippen LogP contribution in [-0.4, -0.2) is 12.6 Å². The zero-order valence-electron chi connectivity index (χ0n) is 18.0. The highest BCUT2D eigenvalue weighted by molar-refractivity contribution is 5.82. The SMILES string of the molecule is CCCCCCCCCCCC=CC=CC=CC=CC=CC=CC(=O)OCC. The van der Waals surface area contributed by atoms with Crippen molar-refractivity contribution in [2.45, 2.75) is 78.1 Å². The lowest BCUT2D eigenvalue weighted by molar-refractivity contribution is -0.137. The van der Waals surface area contributed by atoms with Crippen molar-refractivity contribution in [2.75, 3.05) is 6.61 Å². The standard InChI is InChI=1S/C26H40O2/c1-3-5-6-7-8-9-10-11-12-13-14-15-16-17-18-19-20-21-22-23-24-25-26(27)28-4-2/h14-25H,3-13H2,1-2H3. The number of allylic oxidation sites excluding steroid dienone is 11. The minimum absolute atomic E-state index is 0.313. The molecule has 2 heteroatoms. The van der Waals surface area contributed by atoms with Gasteiger partial charge in [0.15, 0.2) is 0 Å². The monoisotopic (exact) mass is 384 g/mol. The van der Waals surface area contributed by atoms with Gasteiger partial charge in [-0.25, -0.2) is 4.79 Å². The molecule has 0 rings (SSSR count). The van der Waals surface area contributed by atoms with Gasteiger partial charge >= 0.3 is 5.97 Å². The molecule has 0 aliphatic carbocycles. The molecule has 0 atom stereocenters. The average Bonchev–Trinajstić information content (AvgIpc) is 2.69. The van der Waals surface area contributed by atoms with E-state index in [0.717, 1.165) is 0 Å². The summed E-state index contributed by atoms with van der Waals surface area (Å²) in [6.45, 7) is 4.46. The molecule has 2 nitrogen and oxygen atoms in total. The van der Waals surface area contributed by atoms with Crippen LogP contribution in [-0.2, 0) is 9.53 Å².